The summed E-state index contributed by atoms with van der Waals surface area (Å²) in [5, 5.41) is 3.93. The smallest absolute Gasteiger partial charge is 0.231 e. The highest BCUT2D eigenvalue weighted by Gasteiger charge is 2.18. The van der Waals surface area contributed by atoms with Gasteiger partial charge in [-0.25, -0.2) is 0 Å². The minimum absolute atomic E-state index is 0.262. The Morgan fingerprint density at radius 2 is 2.12 bits per heavy atom. The quantitative estimate of drug-likeness (QED) is 0.855. The number of benzene rings is 1. The van der Waals surface area contributed by atoms with Gasteiger partial charge in [-0.15, -0.1) is 0 Å². The molecule has 0 bridgehead atoms. The molecule has 88 valence electrons. The molecule has 5 heteroatoms. The molecule has 2 aromatic rings. The first-order chi connectivity index (χ1) is 8.29. The van der Waals surface area contributed by atoms with Crippen molar-refractivity contribution < 1.29 is 14.0 Å². The van der Waals surface area contributed by atoms with Crippen LogP contribution in [0.1, 0.15) is 11.3 Å². The highest BCUT2D eigenvalue weighted by atomic mass is 16.7. The van der Waals surface area contributed by atoms with E-state index in [0.29, 0.717) is 12.3 Å². The molecule has 1 aromatic carbocycles. The number of rotatable bonds is 2. The molecule has 1 aliphatic rings. The Morgan fingerprint density at radius 3 is 2.94 bits per heavy atom. The molecule has 2 heterocycles. The summed E-state index contributed by atoms with van der Waals surface area (Å²) in [6.45, 7) is 2.54. The molecular weight excluding hydrogens is 220 g/mol. The number of ether oxygens (including phenoxy) is 2. The summed E-state index contributed by atoms with van der Waals surface area (Å²) in [5.74, 6) is 2.17. The molecular formula is C12H12N2O3. The van der Waals surface area contributed by atoms with Gasteiger partial charge in [0.1, 0.15) is 0 Å². The number of fused-ring (bicyclic) bond motifs is 1. The third-order valence-electron chi connectivity index (χ3n) is 2.82. The lowest BCUT2D eigenvalue weighted by Gasteiger charge is -2.01. The fourth-order valence-electron chi connectivity index (χ4n) is 1.89. The van der Waals surface area contributed by atoms with Crippen LogP contribution in [-0.2, 0) is 6.54 Å². The van der Waals surface area contributed by atoms with Crippen molar-refractivity contribution in [1.82, 2.24) is 5.16 Å². The van der Waals surface area contributed by atoms with E-state index in [4.69, 9.17) is 19.7 Å². The summed E-state index contributed by atoms with van der Waals surface area (Å²) in [7, 11) is 0. The summed E-state index contributed by atoms with van der Waals surface area (Å²) in [4.78, 5) is 0. The van der Waals surface area contributed by atoms with Crippen LogP contribution in [0.25, 0.3) is 11.3 Å². The third kappa shape index (κ3) is 1.55. The Labute approximate surface area is 98.1 Å². The van der Waals surface area contributed by atoms with Crippen molar-refractivity contribution in [1.29, 1.82) is 0 Å². The van der Waals surface area contributed by atoms with Gasteiger partial charge in [0, 0.05) is 17.7 Å². The van der Waals surface area contributed by atoms with Gasteiger partial charge in [0.05, 0.1) is 5.69 Å². The Bertz CT molecular complexity index is 563. The van der Waals surface area contributed by atoms with Gasteiger partial charge in [-0.1, -0.05) is 5.16 Å². The average molecular weight is 232 g/mol. The van der Waals surface area contributed by atoms with Crippen LogP contribution in [0.2, 0.25) is 0 Å². The van der Waals surface area contributed by atoms with E-state index in [1.807, 2.05) is 25.1 Å². The lowest BCUT2D eigenvalue weighted by atomic mass is 10.1. The molecule has 0 saturated heterocycles. The largest absolute Gasteiger partial charge is 0.454 e. The second kappa shape index (κ2) is 3.78. The van der Waals surface area contributed by atoms with Gasteiger partial charge in [0.25, 0.3) is 0 Å². The number of nitrogens with two attached hydrogens (primary N) is 1. The van der Waals surface area contributed by atoms with Crippen LogP contribution in [0.3, 0.4) is 0 Å². The Balaban J connectivity index is 2.09. The van der Waals surface area contributed by atoms with E-state index in [1.165, 1.54) is 0 Å². The lowest BCUT2D eigenvalue weighted by molar-refractivity contribution is 0.174. The number of aryl methyl sites for hydroxylation is 1. The molecule has 0 amide bonds. The third-order valence-corrected chi connectivity index (χ3v) is 2.82. The fraction of sp³-hybridized carbons (Fsp3) is 0.250. The lowest BCUT2D eigenvalue weighted by Crippen LogP contribution is -1.98. The van der Waals surface area contributed by atoms with Crippen LogP contribution in [0.15, 0.2) is 22.7 Å². The van der Waals surface area contributed by atoms with Crippen molar-refractivity contribution in [2.75, 3.05) is 6.79 Å². The SMILES string of the molecule is Cc1noc(-c2ccc3c(c2)OCO3)c1CN. The number of hydrogen-bond acceptors (Lipinski definition) is 5. The standard InChI is InChI=1S/C12H12N2O3/c1-7-9(5-13)12(17-14-7)8-2-3-10-11(4-8)16-6-15-10/h2-4H,5-6,13H2,1H3. The van der Waals surface area contributed by atoms with Crippen LogP contribution < -0.4 is 15.2 Å². The van der Waals surface area contributed by atoms with Crippen molar-refractivity contribution in [3.8, 4) is 22.8 Å². The number of nitrogens with zero attached hydrogens (tertiary/aromatic N) is 1. The van der Waals surface area contributed by atoms with Crippen LogP contribution >= 0.6 is 0 Å². The first kappa shape index (κ1) is 10.2. The van der Waals surface area contributed by atoms with Gasteiger partial charge >= 0.3 is 0 Å². The van der Waals surface area contributed by atoms with Crippen molar-refractivity contribution >= 4 is 0 Å². The zero-order chi connectivity index (χ0) is 11.8. The van der Waals surface area contributed by atoms with E-state index < -0.39 is 0 Å². The van der Waals surface area contributed by atoms with Crippen molar-refractivity contribution in [2.45, 2.75) is 13.5 Å². The molecule has 17 heavy (non-hydrogen) atoms. The van der Waals surface area contributed by atoms with Crippen LogP contribution in [-0.4, -0.2) is 11.9 Å². The maximum absolute atomic E-state index is 5.69. The molecule has 0 atom stereocenters. The minimum atomic E-state index is 0.262. The average Bonchev–Trinajstić information content (AvgIpc) is 2.93. The summed E-state index contributed by atoms with van der Waals surface area (Å²) >= 11 is 0. The number of aromatic nitrogens is 1. The van der Waals surface area contributed by atoms with Crippen molar-refractivity contribution in [2.24, 2.45) is 5.73 Å². The Kier molecular flexibility index (Phi) is 2.26. The molecule has 0 saturated carbocycles. The van der Waals surface area contributed by atoms with E-state index in [-0.39, 0.29) is 6.79 Å². The first-order valence-electron chi connectivity index (χ1n) is 5.35. The van der Waals surface area contributed by atoms with Gasteiger partial charge < -0.3 is 19.7 Å². The summed E-state index contributed by atoms with van der Waals surface area (Å²) < 4.78 is 15.9. The molecule has 1 aliphatic heterocycles. The van der Waals surface area contributed by atoms with E-state index in [2.05, 4.69) is 5.16 Å². The zero-order valence-electron chi connectivity index (χ0n) is 9.40. The van der Waals surface area contributed by atoms with E-state index in [9.17, 15) is 0 Å². The molecule has 0 spiro atoms. The van der Waals surface area contributed by atoms with E-state index >= 15 is 0 Å². The van der Waals surface area contributed by atoms with Crippen LogP contribution in [0.5, 0.6) is 11.5 Å². The molecule has 5 nitrogen and oxygen atoms in total. The maximum atomic E-state index is 5.69. The monoisotopic (exact) mass is 232 g/mol. The molecule has 1 aromatic heterocycles. The molecule has 2 N–H and O–H groups in total. The maximum Gasteiger partial charge on any atom is 0.231 e. The molecule has 0 unspecified atom stereocenters. The Morgan fingerprint density at radius 1 is 1.29 bits per heavy atom. The molecule has 3 rings (SSSR count). The topological polar surface area (TPSA) is 70.5 Å². The second-order valence-electron chi connectivity index (χ2n) is 3.85. The molecule has 0 fully saturated rings. The molecule has 0 radical (unpaired) electrons. The van der Waals surface area contributed by atoms with Gasteiger partial charge in [-0.3, -0.25) is 0 Å². The summed E-state index contributed by atoms with van der Waals surface area (Å²) in [6, 6.07) is 5.64. The minimum Gasteiger partial charge on any atom is -0.454 e. The Hall–Kier alpha value is -2.01. The van der Waals surface area contributed by atoms with E-state index in [1.54, 1.807) is 0 Å². The van der Waals surface area contributed by atoms with Gasteiger partial charge in [0.15, 0.2) is 17.3 Å². The highest BCUT2D eigenvalue weighted by molar-refractivity contribution is 5.66. The first-order valence-corrected chi connectivity index (χ1v) is 5.35. The highest BCUT2D eigenvalue weighted by Crippen LogP contribution is 2.37. The molecule has 0 aliphatic carbocycles. The van der Waals surface area contributed by atoms with Gasteiger partial charge in [-0.05, 0) is 25.1 Å². The zero-order valence-corrected chi connectivity index (χ0v) is 9.40. The predicted octanol–water partition coefficient (Wildman–Crippen LogP) is 1.84. The van der Waals surface area contributed by atoms with Gasteiger partial charge in [0.2, 0.25) is 6.79 Å². The van der Waals surface area contributed by atoms with Crippen molar-refractivity contribution in [3.05, 3.63) is 29.5 Å². The van der Waals surface area contributed by atoms with Crippen LogP contribution in [0.4, 0.5) is 0 Å². The van der Waals surface area contributed by atoms with Gasteiger partial charge in [-0.2, -0.15) is 0 Å². The summed E-state index contributed by atoms with van der Waals surface area (Å²) in [6.07, 6.45) is 0. The summed E-state index contributed by atoms with van der Waals surface area (Å²) in [5.41, 5.74) is 8.33. The normalized spacial score (nSPS) is 13.1. The number of hydrogen-bond donors (Lipinski definition) is 1. The second-order valence-corrected chi connectivity index (χ2v) is 3.85. The van der Waals surface area contributed by atoms with E-state index in [0.717, 1.165) is 28.3 Å². The van der Waals surface area contributed by atoms with Crippen molar-refractivity contribution in [3.63, 3.8) is 0 Å². The fourth-order valence-corrected chi connectivity index (χ4v) is 1.89. The van der Waals surface area contributed by atoms with Crippen LogP contribution in [0, 0.1) is 6.92 Å². The predicted molar refractivity (Wildman–Crippen MR) is 60.7 cm³/mol.